The summed E-state index contributed by atoms with van der Waals surface area (Å²) in [5.41, 5.74) is 2.05. The van der Waals surface area contributed by atoms with Gasteiger partial charge in [0.05, 0.1) is 0 Å². The van der Waals surface area contributed by atoms with Crippen molar-refractivity contribution in [2.24, 2.45) is 0 Å². The van der Waals surface area contributed by atoms with Crippen molar-refractivity contribution in [2.45, 2.75) is 13.5 Å². The summed E-state index contributed by atoms with van der Waals surface area (Å²) in [6, 6.07) is 11.2. The van der Waals surface area contributed by atoms with Crippen molar-refractivity contribution in [3.63, 3.8) is 0 Å². The number of rotatable bonds is 4. The number of hydrogen-bond acceptors (Lipinski definition) is 2. The van der Waals surface area contributed by atoms with Crippen LogP contribution < -0.4 is 10.1 Å². The summed E-state index contributed by atoms with van der Waals surface area (Å²) in [4.78, 5) is 0. The fourth-order valence-corrected chi connectivity index (χ4v) is 2.14. The van der Waals surface area contributed by atoms with Crippen LogP contribution in [0.5, 0.6) is 11.5 Å². The van der Waals surface area contributed by atoms with Crippen LogP contribution in [-0.2, 0) is 6.54 Å². The Labute approximate surface area is 123 Å². The largest absolute Gasteiger partial charge is 0.457 e. The first-order valence-electron chi connectivity index (χ1n) is 5.97. The Kier molecular flexibility index (Phi) is 4.70. The quantitative estimate of drug-likeness (QED) is 0.874. The van der Waals surface area contributed by atoms with Crippen LogP contribution in [0.2, 0.25) is 10.0 Å². The number of halogens is 2. The van der Waals surface area contributed by atoms with Crippen LogP contribution in [0, 0.1) is 6.92 Å². The summed E-state index contributed by atoms with van der Waals surface area (Å²) in [7, 11) is 1.88. The van der Waals surface area contributed by atoms with Crippen molar-refractivity contribution in [3.8, 4) is 11.5 Å². The summed E-state index contributed by atoms with van der Waals surface area (Å²) in [5.74, 6) is 1.54. The van der Waals surface area contributed by atoms with E-state index in [-0.39, 0.29) is 0 Å². The van der Waals surface area contributed by atoms with Crippen molar-refractivity contribution < 1.29 is 4.74 Å². The van der Waals surface area contributed by atoms with Gasteiger partial charge in [0.1, 0.15) is 11.5 Å². The van der Waals surface area contributed by atoms with Gasteiger partial charge in [-0.2, -0.15) is 0 Å². The maximum Gasteiger partial charge on any atom is 0.132 e. The third kappa shape index (κ3) is 3.63. The summed E-state index contributed by atoms with van der Waals surface area (Å²) >= 11 is 12.0. The lowest BCUT2D eigenvalue weighted by atomic mass is 10.2. The van der Waals surface area contributed by atoms with E-state index in [2.05, 4.69) is 5.32 Å². The van der Waals surface area contributed by atoms with Crippen LogP contribution in [-0.4, -0.2) is 7.05 Å². The van der Waals surface area contributed by atoms with E-state index in [1.165, 1.54) is 0 Å². The number of nitrogens with one attached hydrogen (secondary N) is 1. The Balaban J connectivity index is 2.34. The van der Waals surface area contributed by atoms with Crippen molar-refractivity contribution in [1.29, 1.82) is 0 Å². The molecule has 2 aromatic carbocycles. The molecular weight excluding hydrogens is 281 g/mol. The highest BCUT2D eigenvalue weighted by molar-refractivity contribution is 6.31. The molecule has 0 unspecified atom stereocenters. The van der Waals surface area contributed by atoms with Gasteiger partial charge in [0.15, 0.2) is 0 Å². The number of aryl methyl sites for hydroxylation is 1. The van der Waals surface area contributed by atoms with Crippen LogP contribution in [0.3, 0.4) is 0 Å². The smallest absolute Gasteiger partial charge is 0.132 e. The van der Waals surface area contributed by atoms with Gasteiger partial charge in [-0.25, -0.2) is 0 Å². The molecule has 2 rings (SSSR count). The molecule has 2 nitrogen and oxygen atoms in total. The fourth-order valence-electron chi connectivity index (χ4n) is 1.78. The standard InChI is InChI=1S/C15H15Cl2NO/c1-10-3-4-13(17)8-15(10)19-14-6-5-12(16)7-11(14)9-18-2/h3-8,18H,9H2,1-2H3. The molecular formula is C15H15Cl2NO. The minimum absolute atomic E-state index is 0.657. The van der Waals surface area contributed by atoms with E-state index in [4.69, 9.17) is 27.9 Å². The third-order valence-corrected chi connectivity index (χ3v) is 3.23. The Hall–Kier alpha value is -1.22. The van der Waals surface area contributed by atoms with Gasteiger partial charge in [0, 0.05) is 22.2 Å². The van der Waals surface area contributed by atoms with Crippen LogP contribution in [0.15, 0.2) is 36.4 Å². The van der Waals surface area contributed by atoms with Crippen LogP contribution in [0.25, 0.3) is 0 Å². The highest BCUT2D eigenvalue weighted by atomic mass is 35.5. The van der Waals surface area contributed by atoms with Crippen LogP contribution in [0.1, 0.15) is 11.1 Å². The fraction of sp³-hybridized carbons (Fsp3) is 0.200. The zero-order chi connectivity index (χ0) is 13.8. The molecule has 19 heavy (non-hydrogen) atoms. The number of ether oxygens (including phenoxy) is 1. The first-order valence-corrected chi connectivity index (χ1v) is 6.73. The van der Waals surface area contributed by atoms with E-state index in [1.54, 1.807) is 0 Å². The first kappa shape index (κ1) is 14.2. The van der Waals surface area contributed by atoms with Crippen molar-refractivity contribution in [3.05, 3.63) is 57.6 Å². The second kappa shape index (κ2) is 6.29. The summed E-state index contributed by atoms with van der Waals surface area (Å²) < 4.78 is 5.95. The second-order valence-electron chi connectivity index (χ2n) is 4.29. The third-order valence-electron chi connectivity index (χ3n) is 2.76. The minimum Gasteiger partial charge on any atom is -0.457 e. The predicted molar refractivity (Wildman–Crippen MR) is 80.5 cm³/mol. The van der Waals surface area contributed by atoms with Crippen molar-refractivity contribution in [1.82, 2.24) is 5.32 Å². The average Bonchev–Trinajstić information content (AvgIpc) is 2.37. The molecule has 0 saturated heterocycles. The molecule has 0 heterocycles. The lowest BCUT2D eigenvalue weighted by molar-refractivity contribution is 0.471. The zero-order valence-electron chi connectivity index (χ0n) is 10.8. The molecule has 0 bridgehead atoms. The van der Waals surface area contributed by atoms with Crippen molar-refractivity contribution >= 4 is 23.2 Å². The minimum atomic E-state index is 0.657. The van der Waals surface area contributed by atoms with E-state index in [0.29, 0.717) is 16.6 Å². The van der Waals surface area contributed by atoms with E-state index in [9.17, 15) is 0 Å². The molecule has 1 N–H and O–H groups in total. The van der Waals surface area contributed by atoms with Gasteiger partial charge < -0.3 is 10.1 Å². The lowest BCUT2D eigenvalue weighted by Gasteiger charge is -2.13. The van der Waals surface area contributed by atoms with Gasteiger partial charge in [0.25, 0.3) is 0 Å². The highest BCUT2D eigenvalue weighted by Gasteiger charge is 2.08. The highest BCUT2D eigenvalue weighted by Crippen LogP contribution is 2.31. The van der Waals surface area contributed by atoms with Gasteiger partial charge in [-0.1, -0.05) is 29.3 Å². The normalized spacial score (nSPS) is 10.5. The van der Waals surface area contributed by atoms with Gasteiger partial charge in [-0.15, -0.1) is 0 Å². The average molecular weight is 296 g/mol. The second-order valence-corrected chi connectivity index (χ2v) is 5.17. The lowest BCUT2D eigenvalue weighted by Crippen LogP contribution is -2.06. The molecule has 2 aromatic rings. The Morgan fingerprint density at radius 2 is 1.68 bits per heavy atom. The molecule has 0 aliphatic heterocycles. The Morgan fingerprint density at radius 1 is 1.00 bits per heavy atom. The SMILES string of the molecule is CNCc1cc(Cl)ccc1Oc1cc(Cl)ccc1C. The maximum atomic E-state index is 6.01. The van der Waals surface area contributed by atoms with Gasteiger partial charge >= 0.3 is 0 Å². The molecule has 0 amide bonds. The van der Waals surface area contributed by atoms with Crippen molar-refractivity contribution in [2.75, 3.05) is 7.05 Å². The summed E-state index contributed by atoms with van der Waals surface area (Å²) in [5, 5.41) is 4.45. The van der Waals surface area contributed by atoms with Gasteiger partial charge in [-0.3, -0.25) is 0 Å². The Bertz CT molecular complexity index is 584. The Morgan fingerprint density at radius 3 is 2.42 bits per heavy atom. The zero-order valence-corrected chi connectivity index (χ0v) is 12.3. The van der Waals surface area contributed by atoms with Gasteiger partial charge in [0.2, 0.25) is 0 Å². The summed E-state index contributed by atoms with van der Waals surface area (Å²) in [6.45, 7) is 2.68. The molecule has 0 atom stereocenters. The number of hydrogen-bond donors (Lipinski definition) is 1. The maximum absolute atomic E-state index is 6.01. The molecule has 0 aromatic heterocycles. The molecule has 0 spiro atoms. The molecule has 0 aliphatic carbocycles. The van der Waals surface area contributed by atoms with E-state index in [0.717, 1.165) is 22.6 Å². The van der Waals surface area contributed by atoms with E-state index in [1.807, 2.05) is 50.4 Å². The van der Waals surface area contributed by atoms with E-state index >= 15 is 0 Å². The molecule has 0 saturated carbocycles. The molecule has 0 fully saturated rings. The van der Waals surface area contributed by atoms with Crippen LogP contribution >= 0.6 is 23.2 Å². The van der Waals surface area contributed by atoms with Crippen LogP contribution in [0.4, 0.5) is 0 Å². The number of benzene rings is 2. The molecule has 4 heteroatoms. The monoisotopic (exact) mass is 295 g/mol. The summed E-state index contributed by atoms with van der Waals surface area (Å²) in [6.07, 6.45) is 0. The predicted octanol–water partition coefficient (Wildman–Crippen LogP) is 4.81. The molecule has 0 radical (unpaired) electrons. The molecule has 0 aliphatic rings. The van der Waals surface area contributed by atoms with Gasteiger partial charge in [-0.05, 0) is 49.9 Å². The van der Waals surface area contributed by atoms with E-state index < -0.39 is 0 Å². The first-order chi connectivity index (χ1) is 9.10. The topological polar surface area (TPSA) is 21.3 Å². The molecule has 100 valence electrons.